The summed E-state index contributed by atoms with van der Waals surface area (Å²) >= 11 is 9.57. The molecule has 3 aromatic carbocycles. The molecule has 0 saturated carbocycles. The molecule has 158 valence electrons. The number of nitrogens with one attached hydrogen (secondary N) is 2. The molecule has 0 fully saturated rings. The lowest BCUT2D eigenvalue weighted by Gasteiger charge is -2.10. The predicted molar refractivity (Wildman–Crippen MR) is 124 cm³/mol. The highest BCUT2D eigenvalue weighted by molar-refractivity contribution is 9.10. The zero-order chi connectivity index (χ0) is 22.1. The molecule has 0 unspecified atom stereocenters. The lowest BCUT2D eigenvalue weighted by molar-refractivity contribution is -0.139. The van der Waals surface area contributed by atoms with Crippen LogP contribution >= 0.6 is 27.5 Å². The van der Waals surface area contributed by atoms with Crippen molar-refractivity contribution < 1.29 is 14.3 Å². The van der Waals surface area contributed by atoms with Gasteiger partial charge in [0.2, 0.25) is 0 Å². The minimum atomic E-state index is -0.860. The third kappa shape index (κ3) is 6.94. The Hall–Kier alpha value is -3.16. The molecule has 0 aliphatic carbocycles. The highest BCUT2D eigenvalue weighted by atomic mass is 79.9. The van der Waals surface area contributed by atoms with Crippen LogP contribution in [0.1, 0.15) is 16.7 Å². The number of halogens is 2. The second-order valence-electron chi connectivity index (χ2n) is 6.43. The summed E-state index contributed by atoms with van der Waals surface area (Å²) in [6, 6.07) is 22.1. The van der Waals surface area contributed by atoms with E-state index in [2.05, 4.69) is 31.8 Å². The zero-order valence-corrected chi connectivity index (χ0v) is 18.7. The Morgan fingerprint density at radius 2 is 1.74 bits per heavy atom. The van der Waals surface area contributed by atoms with Gasteiger partial charge in [0.15, 0.2) is 0 Å². The van der Waals surface area contributed by atoms with Crippen LogP contribution in [0.15, 0.2) is 82.4 Å². The Bertz CT molecular complexity index is 1090. The third-order valence-corrected chi connectivity index (χ3v) is 5.05. The number of carbonyl (C=O) groups excluding carboxylic acids is 2. The second kappa shape index (κ2) is 11.3. The summed E-state index contributed by atoms with van der Waals surface area (Å²) < 4.78 is 6.67. The quantitative estimate of drug-likeness (QED) is 0.286. The Morgan fingerprint density at radius 3 is 2.52 bits per heavy atom. The third-order valence-electron chi connectivity index (χ3n) is 4.18. The van der Waals surface area contributed by atoms with E-state index < -0.39 is 11.8 Å². The van der Waals surface area contributed by atoms with E-state index in [0.717, 1.165) is 15.6 Å². The van der Waals surface area contributed by atoms with Crippen LogP contribution in [0.2, 0.25) is 5.02 Å². The standard InChI is InChI=1S/C23H19BrClN3O3/c24-19-10-11-21(31-15-17-8-4-5-9-20(17)25)18(12-19)14-27-28-23(30)22(29)26-13-16-6-2-1-3-7-16/h1-12,14H,13,15H2,(H,26,29)(H,28,30)/b27-14-. The van der Waals surface area contributed by atoms with Crippen molar-refractivity contribution in [3.05, 3.63) is 99.0 Å². The van der Waals surface area contributed by atoms with Gasteiger partial charge in [0, 0.05) is 27.2 Å². The van der Waals surface area contributed by atoms with Crippen LogP contribution in [-0.4, -0.2) is 18.0 Å². The largest absolute Gasteiger partial charge is 0.488 e. The summed E-state index contributed by atoms with van der Waals surface area (Å²) in [6.07, 6.45) is 1.41. The highest BCUT2D eigenvalue weighted by Crippen LogP contribution is 2.24. The van der Waals surface area contributed by atoms with E-state index in [-0.39, 0.29) is 13.2 Å². The van der Waals surface area contributed by atoms with Gasteiger partial charge in [0.05, 0.1) is 6.21 Å². The number of nitrogens with zero attached hydrogens (tertiary/aromatic N) is 1. The van der Waals surface area contributed by atoms with E-state index >= 15 is 0 Å². The van der Waals surface area contributed by atoms with Crippen LogP contribution in [-0.2, 0) is 22.7 Å². The van der Waals surface area contributed by atoms with Crippen LogP contribution in [0.25, 0.3) is 0 Å². The van der Waals surface area contributed by atoms with E-state index in [1.807, 2.05) is 54.6 Å². The first-order valence-corrected chi connectivity index (χ1v) is 10.5. The molecular formula is C23H19BrClN3O3. The Morgan fingerprint density at radius 1 is 1.00 bits per heavy atom. The molecular weight excluding hydrogens is 482 g/mol. The monoisotopic (exact) mass is 499 g/mol. The molecule has 0 heterocycles. The maximum absolute atomic E-state index is 12.0. The van der Waals surface area contributed by atoms with Gasteiger partial charge < -0.3 is 10.1 Å². The summed E-state index contributed by atoms with van der Waals surface area (Å²) in [5.74, 6) is -1.08. The number of hydrogen-bond acceptors (Lipinski definition) is 4. The second-order valence-corrected chi connectivity index (χ2v) is 7.75. The zero-order valence-electron chi connectivity index (χ0n) is 16.3. The first-order chi connectivity index (χ1) is 15.0. The molecule has 0 radical (unpaired) electrons. The van der Waals surface area contributed by atoms with Gasteiger partial charge in [-0.25, -0.2) is 5.43 Å². The van der Waals surface area contributed by atoms with Crippen molar-refractivity contribution in [1.29, 1.82) is 0 Å². The van der Waals surface area contributed by atoms with Crippen molar-refractivity contribution >= 4 is 45.6 Å². The normalized spacial score (nSPS) is 10.6. The Balaban J connectivity index is 1.58. The minimum Gasteiger partial charge on any atom is -0.488 e. The van der Waals surface area contributed by atoms with Crippen LogP contribution < -0.4 is 15.5 Å². The molecule has 0 bridgehead atoms. The molecule has 0 atom stereocenters. The SMILES string of the molecule is O=C(NCc1ccccc1)C(=O)N/N=C\c1cc(Br)ccc1OCc1ccccc1Cl. The van der Waals surface area contributed by atoms with E-state index in [4.69, 9.17) is 16.3 Å². The number of amides is 2. The van der Waals surface area contributed by atoms with E-state index in [1.165, 1.54) is 6.21 Å². The minimum absolute atomic E-state index is 0.252. The average molecular weight is 501 g/mol. The van der Waals surface area contributed by atoms with Crippen LogP contribution in [0.3, 0.4) is 0 Å². The molecule has 0 aliphatic heterocycles. The number of ether oxygens (including phenoxy) is 1. The van der Waals surface area contributed by atoms with Crippen molar-refractivity contribution in [3.8, 4) is 5.75 Å². The molecule has 2 N–H and O–H groups in total. The molecule has 8 heteroatoms. The maximum Gasteiger partial charge on any atom is 0.329 e. The Labute approximate surface area is 193 Å². The predicted octanol–water partition coefficient (Wildman–Crippen LogP) is 4.45. The fourth-order valence-electron chi connectivity index (χ4n) is 2.59. The van der Waals surface area contributed by atoms with Gasteiger partial charge in [-0.05, 0) is 29.8 Å². The average Bonchev–Trinajstić information content (AvgIpc) is 2.78. The van der Waals surface area contributed by atoms with Crippen LogP contribution in [0, 0.1) is 0 Å². The molecule has 0 saturated heterocycles. The van der Waals surface area contributed by atoms with Gasteiger partial charge in [-0.15, -0.1) is 0 Å². The Kier molecular flexibility index (Phi) is 8.20. The van der Waals surface area contributed by atoms with E-state index in [0.29, 0.717) is 16.3 Å². The summed E-state index contributed by atoms with van der Waals surface area (Å²) in [5.41, 5.74) is 4.58. The van der Waals surface area contributed by atoms with Gasteiger partial charge in [-0.3, -0.25) is 9.59 Å². The molecule has 0 aromatic heterocycles. The number of hydrazone groups is 1. The van der Waals surface area contributed by atoms with Crippen molar-refractivity contribution in [1.82, 2.24) is 10.7 Å². The fraction of sp³-hybridized carbons (Fsp3) is 0.0870. The first kappa shape index (κ1) is 22.5. The summed E-state index contributed by atoms with van der Waals surface area (Å²) in [5, 5.41) is 7.04. The van der Waals surface area contributed by atoms with Gasteiger partial charge in [-0.1, -0.05) is 76.1 Å². The van der Waals surface area contributed by atoms with E-state index in [9.17, 15) is 9.59 Å². The molecule has 31 heavy (non-hydrogen) atoms. The van der Waals surface area contributed by atoms with Crippen LogP contribution in [0.4, 0.5) is 0 Å². The number of benzene rings is 3. The number of rotatable bonds is 7. The molecule has 0 aliphatic rings. The van der Waals surface area contributed by atoms with Gasteiger partial charge in [0.1, 0.15) is 12.4 Å². The first-order valence-electron chi connectivity index (χ1n) is 9.34. The smallest absolute Gasteiger partial charge is 0.329 e. The van der Waals surface area contributed by atoms with Crippen molar-refractivity contribution in [2.24, 2.45) is 5.10 Å². The molecule has 0 spiro atoms. The van der Waals surface area contributed by atoms with Gasteiger partial charge in [0.25, 0.3) is 0 Å². The topological polar surface area (TPSA) is 79.8 Å². The summed E-state index contributed by atoms with van der Waals surface area (Å²) in [4.78, 5) is 23.9. The number of carbonyl (C=O) groups is 2. The molecule has 6 nitrogen and oxygen atoms in total. The molecule has 3 rings (SSSR count). The maximum atomic E-state index is 12.0. The van der Waals surface area contributed by atoms with Gasteiger partial charge in [-0.2, -0.15) is 5.10 Å². The molecule has 3 aromatic rings. The molecule has 2 amide bonds. The van der Waals surface area contributed by atoms with Crippen LogP contribution in [0.5, 0.6) is 5.75 Å². The lowest BCUT2D eigenvalue weighted by atomic mass is 10.2. The lowest BCUT2D eigenvalue weighted by Crippen LogP contribution is -2.37. The van der Waals surface area contributed by atoms with Crippen molar-refractivity contribution in [2.45, 2.75) is 13.2 Å². The van der Waals surface area contributed by atoms with Crippen molar-refractivity contribution in [2.75, 3.05) is 0 Å². The highest BCUT2D eigenvalue weighted by Gasteiger charge is 2.12. The van der Waals surface area contributed by atoms with Gasteiger partial charge >= 0.3 is 11.8 Å². The summed E-state index contributed by atoms with van der Waals surface area (Å²) in [6.45, 7) is 0.527. The fourth-order valence-corrected chi connectivity index (χ4v) is 3.16. The van der Waals surface area contributed by atoms with E-state index in [1.54, 1.807) is 18.2 Å². The van der Waals surface area contributed by atoms with Crippen molar-refractivity contribution in [3.63, 3.8) is 0 Å². The summed E-state index contributed by atoms with van der Waals surface area (Å²) in [7, 11) is 0. The number of hydrogen-bond donors (Lipinski definition) is 2.